The summed E-state index contributed by atoms with van der Waals surface area (Å²) in [7, 11) is 2.23. The van der Waals surface area contributed by atoms with Crippen LogP contribution in [0.4, 0.5) is 0 Å². The zero-order valence-electron chi connectivity index (χ0n) is 13.2. The van der Waals surface area contributed by atoms with Gasteiger partial charge in [-0.1, -0.05) is 20.3 Å². The highest BCUT2D eigenvalue weighted by Crippen LogP contribution is 2.28. The van der Waals surface area contributed by atoms with Crippen molar-refractivity contribution in [1.82, 2.24) is 10.2 Å². The number of rotatable bonds is 7. The van der Waals surface area contributed by atoms with Crippen LogP contribution < -0.4 is 5.32 Å². The molecule has 2 heteroatoms. The smallest absolute Gasteiger partial charge is 0.00952 e. The topological polar surface area (TPSA) is 15.3 Å². The molecule has 1 aliphatic carbocycles. The van der Waals surface area contributed by atoms with Gasteiger partial charge in [0.15, 0.2) is 0 Å². The predicted molar refractivity (Wildman–Crippen MR) is 81.0 cm³/mol. The molecule has 18 heavy (non-hydrogen) atoms. The third kappa shape index (κ3) is 5.71. The zero-order valence-corrected chi connectivity index (χ0v) is 13.2. The van der Waals surface area contributed by atoms with Gasteiger partial charge in [0.1, 0.15) is 0 Å². The molecule has 0 saturated heterocycles. The van der Waals surface area contributed by atoms with Crippen molar-refractivity contribution in [2.24, 2.45) is 11.8 Å². The van der Waals surface area contributed by atoms with Crippen molar-refractivity contribution >= 4 is 0 Å². The zero-order chi connectivity index (χ0) is 13.5. The van der Waals surface area contributed by atoms with E-state index in [9.17, 15) is 0 Å². The van der Waals surface area contributed by atoms with E-state index in [-0.39, 0.29) is 0 Å². The van der Waals surface area contributed by atoms with Crippen molar-refractivity contribution in [2.75, 3.05) is 20.1 Å². The fourth-order valence-corrected chi connectivity index (χ4v) is 2.85. The summed E-state index contributed by atoms with van der Waals surface area (Å²) in [5.41, 5.74) is 0. The molecule has 0 aromatic rings. The van der Waals surface area contributed by atoms with Crippen molar-refractivity contribution < 1.29 is 0 Å². The summed E-state index contributed by atoms with van der Waals surface area (Å²) in [6, 6.07) is 1.45. The predicted octanol–water partition coefficient (Wildman–Crippen LogP) is 3.52. The molecule has 1 saturated carbocycles. The van der Waals surface area contributed by atoms with E-state index < -0.39 is 0 Å². The summed E-state index contributed by atoms with van der Waals surface area (Å²) in [6.45, 7) is 11.8. The highest BCUT2D eigenvalue weighted by molar-refractivity contribution is 4.81. The minimum absolute atomic E-state index is 0.678. The van der Waals surface area contributed by atoms with Crippen LogP contribution in [0.15, 0.2) is 0 Å². The second-order valence-corrected chi connectivity index (χ2v) is 6.74. The Hall–Kier alpha value is -0.0800. The molecule has 0 bridgehead atoms. The van der Waals surface area contributed by atoms with Crippen LogP contribution in [0.25, 0.3) is 0 Å². The maximum atomic E-state index is 3.79. The first-order valence-electron chi connectivity index (χ1n) is 7.94. The lowest BCUT2D eigenvalue weighted by Crippen LogP contribution is -2.40. The molecule has 0 amide bonds. The van der Waals surface area contributed by atoms with E-state index in [0.717, 1.165) is 17.9 Å². The summed E-state index contributed by atoms with van der Waals surface area (Å²) in [6.07, 6.45) is 6.85. The van der Waals surface area contributed by atoms with Gasteiger partial charge in [-0.25, -0.2) is 0 Å². The Kier molecular flexibility index (Phi) is 7.25. The van der Waals surface area contributed by atoms with Crippen LogP contribution in [0.1, 0.15) is 59.8 Å². The summed E-state index contributed by atoms with van der Waals surface area (Å²) >= 11 is 0. The Bertz CT molecular complexity index is 215. The van der Waals surface area contributed by atoms with Gasteiger partial charge in [0.25, 0.3) is 0 Å². The van der Waals surface area contributed by atoms with Crippen LogP contribution in [0.2, 0.25) is 0 Å². The van der Waals surface area contributed by atoms with Gasteiger partial charge in [-0.3, -0.25) is 0 Å². The van der Waals surface area contributed by atoms with Gasteiger partial charge in [0.2, 0.25) is 0 Å². The van der Waals surface area contributed by atoms with E-state index in [1.807, 2.05) is 0 Å². The molecule has 3 atom stereocenters. The molecular weight excluding hydrogens is 220 g/mol. The van der Waals surface area contributed by atoms with Crippen molar-refractivity contribution in [3.05, 3.63) is 0 Å². The molecule has 1 aliphatic rings. The maximum absolute atomic E-state index is 3.79. The third-order valence-corrected chi connectivity index (χ3v) is 4.68. The van der Waals surface area contributed by atoms with Crippen molar-refractivity contribution in [2.45, 2.75) is 71.9 Å². The fourth-order valence-electron chi connectivity index (χ4n) is 2.85. The molecule has 1 N–H and O–H groups in total. The quantitative estimate of drug-likeness (QED) is 0.699. The Balaban J connectivity index is 2.06. The van der Waals surface area contributed by atoms with Gasteiger partial charge in [-0.05, 0) is 71.5 Å². The molecular formula is C16H34N2. The van der Waals surface area contributed by atoms with Crippen molar-refractivity contribution in [3.8, 4) is 0 Å². The van der Waals surface area contributed by atoms with E-state index in [0.29, 0.717) is 6.04 Å². The Morgan fingerprint density at radius 1 is 1.17 bits per heavy atom. The first kappa shape index (κ1) is 16.0. The minimum atomic E-state index is 0.678. The second-order valence-electron chi connectivity index (χ2n) is 6.74. The minimum Gasteiger partial charge on any atom is -0.314 e. The number of nitrogens with one attached hydrogen (secondary N) is 1. The van der Waals surface area contributed by atoms with Crippen LogP contribution >= 0.6 is 0 Å². The van der Waals surface area contributed by atoms with E-state index in [1.54, 1.807) is 0 Å². The molecule has 2 nitrogen and oxygen atoms in total. The largest absolute Gasteiger partial charge is 0.314 e. The molecule has 0 spiro atoms. The number of unbranched alkanes of at least 4 members (excludes halogenated alkanes) is 1. The number of nitrogens with zero attached hydrogens (tertiary/aromatic N) is 1. The molecule has 0 aromatic heterocycles. The molecule has 0 radical (unpaired) electrons. The lowest BCUT2D eigenvalue weighted by atomic mass is 9.80. The maximum Gasteiger partial charge on any atom is 0.00952 e. The van der Waals surface area contributed by atoms with E-state index in [4.69, 9.17) is 0 Å². The molecule has 0 heterocycles. The lowest BCUT2D eigenvalue weighted by Gasteiger charge is -2.33. The first-order chi connectivity index (χ1) is 8.50. The summed E-state index contributed by atoms with van der Waals surface area (Å²) in [4.78, 5) is 2.44. The summed E-state index contributed by atoms with van der Waals surface area (Å²) < 4.78 is 0. The first-order valence-corrected chi connectivity index (χ1v) is 7.94. The molecule has 0 aliphatic heterocycles. The fraction of sp³-hybridized carbons (Fsp3) is 1.00. The molecule has 0 aromatic carbocycles. The van der Waals surface area contributed by atoms with Crippen molar-refractivity contribution in [1.29, 1.82) is 0 Å². The van der Waals surface area contributed by atoms with Gasteiger partial charge in [-0.15, -0.1) is 0 Å². The summed E-state index contributed by atoms with van der Waals surface area (Å²) in [5.74, 6) is 1.80. The molecule has 1 fully saturated rings. The Morgan fingerprint density at radius 2 is 1.89 bits per heavy atom. The SMILES string of the molecule is CC1CCC(C)C(NCCCCN(C)C(C)C)C1. The van der Waals surface area contributed by atoms with Crippen LogP contribution in [0.5, 0.6) is 0 Å². The highest BCUT2D eigenvalue weighted by Gasteiger charge is 2.24. The van der Waals surface area contributed by atoms with Gasteiger partial charge >= 0.3 is 0 Å². The normalized spacial score (nSPS) is 29.2. The average molecular weight is 254 g/mol. The molecule has 1 rings (SSSR count). The third-order valence-electron chi connectivity index (χ3n) is 4.68. The van der Waals surface area contributed by atoms with Crippen LogP contribution in [-0.2, 0) is 0 Å². The Labute approximate surface area is 115 Å². The average Bonchev–Trinajstić information content (AvgIpc) is 2.32. The standard InChI is InChI=1S/C16H34N2/c1-13(2)18(5)11-7-6-10-17-16-12-14(3)8-9-15(16)4/h13-17H,6-12H2,1-5H3. The lowest BCUT2D eigenvalue weighted by molar-refractivity contribution is 0.225. The van der Waals surface area contributed by atoms with Gasteiger partial charge in [0, 0.05) is 12.1 Å². The second kappa shape index (κ2) is 8.16. The van der Waals surface area contributed by atoms with Gasteiger partial charge in [0.05, 0.1) is 0 Å². The van der Waals surface area contributed by atoms with Gasteiger partial charge in [-0.2, -0.15) is 0 Å². The van der Waals surface area contributed by atoms with E-state index in [2.05, 4.69) is 45.0 Å². The molecule has 108 valence electrons. The van der Waals surface area contributed by atoms with Crippen LogP contribution in [0.3, 0.4) is 0 Å². The number of hydrogen-bond acceptors (Lipinski definition) is 2. The monoisotopic (exact) mass is 254 g/mol. The van der Waals surface area contributed by atoms with E-state index >= 15 is 0 Å². The highest BCUT2D eigenvalue weighted by atomic mass is 15.1. The molecule has 3 unspecified atom stereocenters. The number of hydrogen-bond donors (Lipinski definition) is 1. The Morgan fingerprint density at radius 3 is 2.56 bits per heavy atom. The van der Waals surface area contributed by atoms with Crippen LogP contribution in [0, 0.1) is 11.8 Å². The van der Waals surface area contributed by atoms with E-state index in [1.165, 1.54) is 45.2 Å². The van der Waals surface area contributed by atoms with Crippen LogP contribution in [-0.4, -0.2) is 37.1 Å². The summed E-state index contributed by atoms with van der Waals surface area (Å²) in [5, 5.41) is 3.79. The van der Waals surface area contributed by atoms with Crippen molar-refractivity contribution in [3.63, 3.8) is 0 Å². The van der Waals surface area contributed by atoms with Gasteiger partial charge < -0.3 is 10.2 Å².